The van der Waals surface area contributed by atoms with E-state index in [0.29, 0.717) is 25.6 Å². The van der Waals surface area contributed by atoms with Gasteiger partial charge in [-0.1, -0.05) is 6.42 Å². The maximum Gasteiger partial charge on any atom is 0.457 e. The summed E-state index contributed by atoms with van der Waals surface area (Å²) in [7, 11) is -0.348. The molecule has 1 amide bonds. The van der Waals surface area contributed by atoms with Crippen LogP contribution in [0.5, 0.6) is 0 Å². The van der Waals surface area contributed by atoms with Crippen LogP contribution >= 0.6 is 0 Å². The minimum Gasteiger partial charge on any atom is -0.480 e. The Morgan fingerprint density at radius 3 is 2.16 bits per heavy atom. The van der Waals surface area contributed by atoms with Gasteiger partial charge in [0.1, 0.15) is 6.04 Å². The lowest BCUT2D eigenvalue weighted by atomic mass is 9.80. The van der Waals surface area contributed by atoms with Crippen molar-refractivity contribution in [2.24, 2.45) is 5.92 Å². The van der Waals surface area contributed by atoms with Crippen molar-refractivity contribution in [2.75, 3.05) is 6.61 Å². The first kappa shape index (κ1) is 20.0. The van der Waals surface area contributed by atoms with Crippen LogP contribution in [0.3, 0.4) is 0 Å². The van der Waals surface area contributed by atoms with E-state index >= 15 is 0 Å². The lowest BCUT2D eigenvalue weighted by Crippen LogP contribution is -2.47. The summed E-state index contributed by atoms with van der Waals surface area (Å²) in [6.45, 7) is 7.52. The van der Waals surface area contributed by atoms with E-state index < -0.39 is 35.3 Å². The molecule has 9 heteroatoms. The van der Waals surface area contributed by atoms with Gasteiger partial charge >= 0.3 is 19.2 Å². The van der Waals surface area contributed by atoms with E-state index in [1.807, 2.05) is 27.7 Å². The van der Waals surface area contributed by atoms with Crippen molar-refractivity contribution < 1.29 is 34.2 Å². The molecule has 0 aromatic heterocycles. The summed E-state index contributed by atoms with van der Waals surface area (Å²) in [6.07, 6.45) is 0.869. The van der Waals surface area contributed by atoms with Gasteiger partial charge in [0.15, 0.2) is 0 Å². The SMILES string of the molecule is CC1(C)OB(CCC[C@@H]2CC(CO)N(C(=O)O)[C@@H]2C(=O)O)OC1(C)C. The van der Waals surface area contributed by atoms with Crippen LogP contribution in [0.15, 0.2) is 0 Å². The van der Waals surface area contributed by atoms with Crippen molar-refractivity contribution in [1.82, 2.24) is 4.90 Å². The Bertz CT molecular complexity index is 509. The second-order valence-corrected chi connectivity index (χ2v) is 7.92. The maximum absolute atomic E-state index is 11.5. The van der Waals surface area contributed by atoms with E-state index in [1.165, 1.54) is 0 Å². The van der Waals surface area contributed by atoms with E-state index in [9.17, 15) is 24.9 Å². The lowest BCUT2D eigenvalue weighted by Gasteiger charge is -2.32. The lowest BCUT2D eigenvalue weighted by molar-refractivity contribution is -0.143. The van der Waals surface area contributed by atoms with Crippen LogP contribution in [-0.2, 0) is 14.1 Å². The Labute approximate surface area is 148 Å². The predicted molar refractivity (Wildman–Crippen MR) is 90.4 cm³/mol. The molecule has 2 aliphatic heterocycles. The number of aliphatic hydroxyl groups is 1. The third-order valence-corrected chi connectivity index (χ3v) is 5.72. The Morgan fingerprint density at radius 2 is 1.72 bits per heavy atom. The highest BCUT2D eigenvalue weighted by atomic mass is 16.7. The molecule has 1 unspecified atom stereocenters. The number of aliphatic hydroxyl groups excluding tert-OH is 1. The van der Waals surface area contributed by atoms with Crippen LogP contribution < -0.4 is 0 Å². The molecule has 2 aliphatic rings. The van der Waals surface area contributed by atoms with Crippen LogP contribution in [0.2, 0.25) is 6.32 Å². The van der Waals surface area contributed by atoms with E-state index in [4.69, 9.17) is 9.31 Å². The summed E-state index contributed by atoms with van der Waals surface area (Å²) in [5.74, 6) is -1.49. The fraction of sp³-hybridized carbons (Fsp3) is 0.875. The molecule has 25 heavy (non-hydrogen) atoms. The maximum atomic E-state index is 11.5. The zero-order chi connectivity index (χ0) is 19.0. The quantitative estimate of drug-likeness (QED) is 0.619. The normalized spacial score (nSPS) is 30.7. The smallest absolute Gasteiger partial charge is 0.457 e. The highest BCUT2D eigenvalue weighted by molar-refractivity contribution is 6.45. The van der Waals surface area contributed by atoms with Crippen molar-refractivity contribution in [1.29, 1.82) is 0 Å². The number of nitrogens with zero attached hydrogens (tertiary/aromatic N) is 1. The van der Waals surface area contributed by atoms with Crippen molar-refractivity contribution in [3.05, 3.63) is 0 Å². The van der Waals surface area contributed by atoms with Gasteiger partial charge in [-0.15, -0.1) is 0 Å². The fourth-order valence-electron chi connectivity index (χ4n) is 3.71. The molecule has 0 saturated carbocycles. The number of likely N-dealkylation sites (tertiary alicyclic amines) is 1. The van der Waals surface area contributed by atoms with Crippen molar-refractivity contribution in [2.45, 2.75) is 76.6 Å². The molecule has 3 atom stereocenters. The largest absolute Gasteiger partial charge is 0.480 e. The van der Waals surface area contributed by atoms with Gasteiger partial charge in [-0.3, -0.25) is 4.90 Å². The highest BCUT2D eigenvalue weighted by Gasteiger charge is 2.51. The summed E-state index contributed by atoms with van der Waals surface area (Å²) < 4.78 is 11.8. The number of aliphatic carboxylic acids is 1. The molecular formula is C16H28BNO7. The molecule has 0 bridgehead atoms. The van der Waals surface area contributed by atoms with E-state index in [0.717, 1.165) is 4.90 Å². The van der Waals surface area contributed by atoms with Crippen molar-refractivity contribution in [3.8, 4) is 0 Å². The third-order valence-electron chi connectivity index (χ3n) is 5.72. The summed E-state index contributed by atoms with van der Waals surface area (Å²) in [5.41, 5.74) is -0.812. The van der Waals surface area contributed by atoms with Crippen LogP contribution in [0.4, 0.5) is 4.79 Å². The monoisotopic (exact) mass is 357 g/mol. The zero-order valence-corrected chi connectivity index (χ0v) is 15.3. The second-order valence-electron chi connectivity index (χ2n) is 7.92. The number of hydrogen-bond donors (Lipinski definition) is 3. The van der Waals surface area contributed by atoms with E-state index in [1.54, 1.807) is 0 Å². The van der Waals surface area contributed by atoms with Crippen LogP contribution in [-0.4, -0.2) is 69.3 Å². The Kier molecular flexibility index (Phi) is 5.70. The molecule has 3 N–H and O–H groups in total. The van der Waals surface area contributed by atoms with E-state index in [2.05, 4.69) is 0 Å². The third kappa shape index (κ3) is 3.93. The van der Waals surface area contributed by atoms with E-state index in [-0.39, 0.29) is 19.6 Å². The Morgan fingerprint density at radius 1 is 1.16 bits per heavy atom. The predicted octanol–water partition coefficient (Wildman–Crippen LogP) is 1.67. The molecule has 8 nitrogen and oxygen atoms in total. The van der Waals surface area contributed by atoms with Crippen LogP contribution in [0.25, 0.3) is 0 Å². The number of carboxylic acids is 1. The highest BCUT2D eigenvalue weighted by Crippen LogP contribution is 2.39. The van der Waals surface area contributed by atoms with Gasteiger partial charge in [-0.05, 0) is 52.8 Å². The molecule has 0 aliphatic carbocycles. The molecular weight excluding hydrogens is 329 g/mol. The molecule has 0 aromatic rings. The van der Waals surface area contributed by atoms with Crippen molar-refractivity contribution in [3.63, 3.8) is 0 Å². The fourth-order valence-corrected chi connectivity index (χ4v) is 3.71. The van der Waals surface area contributed by atoms with Gasteiger partial charge in [0.05, 0.1) is 23.9 Å². The summed E-state index contributed by atoms with van der Waals surface area (Å²) in [5, 5.41) is 28.1. The molecule has 2 rings (SSSR count). The number of amides is 1. The Hall–Kier alpha value is -1.32. The van der Waals surface area contributed by atoms with Gasteiger partial charge in [-0.25, -0.2) is 9.59 Å². The number of rotatable bonds is 6. The zero-order valence-electron chi connectivity index (χ0n) is 15.3. The van der Waals surface area contributed by atoms with Crippen LogP contribution in [0.1, 0.15) is 47.0 Å². The molecule has 0 spiro atoms. The first-order valence-corrected chi connectivity index (χ1v) is 8.70. The molecule has 0 aromatic carbocycles. The minimum absolute atomic E-state index is 0.326. The van der Waals surface area contributed by atoms with Gasteiger partial charge in [-0.2, -0.15) is 0 Å². The number of hydrogen-bond acceptors (Lipinski definition) is 5. The van der Waals surface area contributed by atoms with Gasteiger partial charge in [0.2, 0.25) is 0 Å². The number of carbonyl (C=O) groups is 2. The summed E-state index contributed by atoms with van der Waals surface area (Å²) in [4.78, 5) is 23.8. The first-order valence-electron chi connectivity index (χ1n) is 8.70. The molecule has 0 radical (unpaired) electrons. The molecule has 2 heterocycles. The minimum atomic E-state index is -1.31. The summed E-state index contributed by atoms with van der Waals surface area (Å²) in [6, 6.07) is -1.78. The topological polar surface area (TPSA) is 117 Å². The molecule has 2 fully saturated rings. The van der Waals surface area contributed by atoms with Crippen LogP contribution in [0, 0.1) is 5.92 Å². The standard InChI is InChI=1S/C16H28BNO7/c1-15(2)16(3,4)25-17(24-15)7-5-6-10-8-11(9-19)18(14(22)23)12(10)13(20)21/h10-12,19H,5-9H2,1-4H3,(H,20,21)(H,22,23)/t10-,11?,12+/m1/s1. The summed E-state index contributed by atoms with van der Waals surface area (Å²) >= 11 is 0. The Balaban J connectivity index is 1.94. The van der Waals surface area contributed by atoms with Crippen molar-refractivity contribution >= 4 is 19.2 Å². The van der Waals surface area contributed by atoms with Gasteiger partial charge in [0.25, 0.3) is 0 Å². The first-order chi connectivity index (χ1) is 11.5. The average Bonchev–Trinajstić information content (AvgIpc) is 2.93. The molecule has 142 valence electrons. The molecule has 2 saturated heterocycles. The average molecular weight is 357 g/mol. The number of carboxylic acid groups (broad SMARTS) is 2. The second kappa shape index (κ2) is 7.13. The van der Waals surface area contributed by atoms with Gasteiger partial charge < -0.3 is 24.6 Å². The van der Waals surface area contributed by atoms with Gasteiger partial charge in [0, 0.05) is 0 Å².